The summed E-state index contributed by atoms with van der Waals surface area (Å²) < 4.78 is 6.09. The molecule has 0 aliphatic rings. The summed E-state index contributed by atoms with van der Waals surface area (Å²) in [5, 5.41) is 0. The van der Waals surface area contributed by atoms with Crippen molar-refractivity contribution < 1.29 is 9.53 Å². The van der Waals surface area contributed by atoms with E-state index in [4.69, 9.17) is 4.74 Å². The number of halogens is 1. The third kappa shape index (κ3) is 3.99. The molecule has 0 spiro atoms. The van der Waals surface area contributed by atoms with E-state index in [2.05, 4.69) is 34.4 Å². The Hall–Kier alpha value is -2.00. The summed E-state index contributed by atoms with van der Waals surface area (Å²) in [5.41, 5.74) is 1.63. The molecule has 2 aromatic rings. The van der Waals surface area contributed by atoms with Crippen LogP contribution in [0.3, 0.4) is 0 Å². The van der Waals surface area contributed by atoms with Gasteiger partial charge in [-0.1, -0.05) is 24.1 Å². The van der Waals surface area contributed by atoms with Crippen LogP contribution >= 0.6 is 22.6 Å². The molecule has 0 radical (unpaired) electrons. The smallest absolute Gasteiger partial charge is 0.303 e. The molecule has 0 heterocycles. The highest BCUT2D eigenvalue weighted by Crippen LogP contribution is 2.26. The van der Waals surface area contributed by atoms with Gasteiger partial charge in [0.1, 0.15) is 5.75 Å². The van der Waals surface area contributed by atoms with Gasteiger partial charge in [0.25, 0.3) is 0 Å². The fourth-order valence-corrected chi connectivity index (χ4v) is 2.58. The van der Waals surface area contributed by atoms with Crippen LogP contribution in [0.5, 0.6) is 5.75 Å². The van der Waals surface area contributed by atoms with Crippen LogP contribution in [0, 0.1) is 15.4 Å². The van der Waals surface area contributed by atoms with E-state index in [0.29, 0.717) is 0 Å². The van der Waals surface area contributed by atoms with Gasteiger partial charge in [-0.25, -0.2) is 0 Å². The van der Waals surface area contributed by atoms with Gasteiger partial charge in [-0.2, -0.15) is 0 Å². The molecule has 3 nitrogen and oxygen atoms in total. The number of anilines is 1. The summed E-state index contributed by atoms with van der Waals surface area (Å²) in [4.78, 5) is 13.7. The van der Waals surface area contributed by atoms with Crippen molar-refractivity contribution in [3.63, 3.8) is 0 Å². The van der Waals surface area contributed by atoms with Crippen molar-refractivity contribution in [2.75, 3.05) is 19.1 Å². The maximum absolute atomic E-state index is 12.1. The van der Waals surface area contributed by atoms with Gasteiger partial charge in [0.15, 0.2) is 0 Å². The highest BCUT2D eigenvalue weighted by Gasteiger charge is 2.12. The standard InChI is InChI=1S/C17H14INO2/c1-19(16-10-9-14(21-2)12-15(16)18)17(20)11-8-13-6-4-3-5-7-13/h3-7,9-10,12H,1-2H3. The summed E-state index contributed by atoms with van der Waals surface area (Å²) >= 11 is 2.18. The number of amides is 1. The van der Waals surface area contributed by atoms with Gasteiger partial charge >= 0.3 is 5.91 Å². The molecule has 0 atom stereocenters. The minimum atomic E-state index is -0.248. The van der Waals surface area contributed by atoms with E-state index >= 15 is 0 Å². The van der Waals surface area contributed by atoms with Crippen molar-refractivity contribution in [1.82, 2.24) is 0 Å². The van der Waals surface area contributed by atoms with Gasteiger partial charge in [-0.15, -0.1) is 0 Å². The SMILES string of the molecule is COc1ccc(N(C)C(=O)C#Cc2ccccc2)c(I)c1. The average molecular weight is 391 g/mol. The van der Waals surface area contributed by atoms with E-state index in [1.165, 1.54) is 4.90 Å². The van der Waals surface area contributed by atoms with Crippen molar-refractivity contribution in [3.8, 4) is 17.6 Å². The highest BCUT2D eigenvalue weighted by molar-refractivity contribution is 14.1. The monoisotopic (exact) mass is 391 g/mol. The Morgan fingerprint density at radius 2 is 1.90 bits per heavy atom. The zero-order valence-corrected chi connectivity index (χ0v) is 13.9. The molecule has 0 saturated heterocycles. The van der Waals surface area contributed by atoms with Gasteiger partial charge in [-0.3, -0.25) is 4.79 Å². The molecule has 0 unspecified atom stereocenters. The quantitative estimate of drug-likeness (QED) is 0.581. The molecule has 0 bridgehead atoms. The molecule has 2 aromatic carbocycles. The minimum Gasteiger partial charge on any atom is -0.497 e. The second-order valence-corrected chi connectivity index (χ2v) is 5.46. The molecule has 4 heteroatoms. The van der Waals surface area contributed by atoms with Crippen LogP contribution in [-0.2, 0) is 4.79 Å². The first kappa shape index (κ1) is 15.4. The van der Waals surface area contributed by atoms with Gasteiger partial charge in [0.2, 0.25) is 0 Å². The van der Waals surface area contributed by atoms with Crippen LogP contribution in [0.15, 0.2) is 48.5 Å². The Labute approximate surface area is 138 Å². The van der Waals surface area contributed by atoms with Crippen molar-refractivity contribution in [1.29, 1.82) is 0 Å². The van der Waals surface area contributed by atoms with Crippen LogP contribution in [0.25, 0.3) is 0 Å². The molecule has 0 N–H and O–H groups in total. The maximum atomic E-state index is 12.1. The first-order chi connectivity index (χ1) is 10.1. The fourth-order valence-electron chi connectivity index (χ4n) is 1.73. The van der Waals surface area contributed by atoms with E-state index in [1.807, 2.05) is 48.5 Å². The summed E-state index contributed by atoms with van der Waals surface area (Å²) in [6.07, 6.45) is 0. The van der Waals surface area contributed by atoms with Crippen LogP contribution in [0.1, 0.15) is 5.56 Å². The normalized spacial score (nSPS) is 9.48. The number of hydrogen-bond acceptors (Lipinski definition) is 2. The summed E-state index contributed by atoms with van der Waals surface area (Å²) in [7, 11) is 3.33. The number of benzene rings is 2. The second kappa shape index (κ2) is 7.14. The van der Waals surface area contributed by atoms with Gasteiger partial charge < -0.3 is 9.64 Å². The third-order valence-electron chi connectivity index (χ3n) is 2.91. The molecule has 0 saturated carbocycles. The van der Waals surface area contributed by atoms with Crippen molar-refractivity contribution in [2.24, 2.45) is 0 Å². The zero-order chi connectivity index (χ0) is 15.2. The highest BCUT2D eigenvalue weighted by atomic mass is 127. The van der Waals surface area contributed by atoms with E-state index in [0.717, 1.165) is 20.6 Å². The van der Waals surface area contributed by atoms with E-state index in [9.17, 15) is 4.79 Å². The molecule has 2 rings (SSSR count). The Kier molecular flexibility index (Phi) is 5.23. The van der Waals surface area contributed by atoms with E-state index < -0.39 is 0 Å². The van der Waals surface area contributed by atoms with Crippen LogP contribution in [0.4, 0.5) is 5.69 Å². The predicted octanol–water partition coefficient (Wildman–Crippen LogP) is 3.31. The number of nitrogens with zero attached hydrogens (tertiary/aromatic N) is 1. The van der Waals surface area contributed by atoms with Crippen LogP contribution in [-0.4, -0.2) is 20.1 Å². The lowest BCUT2D eigenvalue weighted by Crippen LogP contribution is -2.25. The van der Waals surface area contributed by atoms with Crippen molar-refractivity contribution >= 4 is 34.2 Å². The Morgan fingerprint density at radius 3 is 2.52 bits per heavy atom. The van der Waals surface area contributed by atoms with E-state index in [-0.39, 0.29) is 5.91 Å². The molecule has 1 amide bonds. The van der Waals surface area contributed by atoms with Gasteiger partial charge in [-0.05, 0) is 52.9 Å². The van der Waals surface area contributed by atoms with Gasteiger partial charge in [0.05, 0.1) is 12.8 Å². The number of hydrogen-bond donors (Lipinski definition) is 0. The Balaban J connectivity index is 2.18. The number of rotatable bonds is 2. The van der Waals surface area contributed by atoms with Crippen LogP contribution < -0.4 is 9.64 Å². The first-order valence-electron chi connectivity index (χ1n) is 6.30. The van der Waals surface area contributed by atoms with Crippen molar-refractivity contribution in [2.45, 2.75) is 0 Å². The van der Waals surface area contributed by atoms with Gasteiger partial charge in [0, 0.05) is 22.1 Å². The molecule has 0 fully saturated rings. The largest absolute Gasteiger partial charge is 0.497 e. The number of methoxy groups -OCH3 is 1. The lowest BCUT2D eigenvalue weighted by molar-refractivity contribution is -0.113. The fraction of sp³-hybridized carbons (Fsp3) is 0.118. The topological polar surface area (TPSA) is 29.5 Å². The lowest BCUT2D eigenvalue weighted by Gasteiger charge is -2.16. The Morgan fingerprint density at radius 1 is 1.19 bits per heavy atom. The number of carbonyl (C=O) groups is 1. The molecule has 0 aliphatic heterocycles. The lowest BCUT2D eigenvalue weighted by atomic mass is 10.2. The zero-order valence-electron chi connectivity index (χ0n) is 11.8. The first-order valence-corrected chi connectivity index (χ1v) is 7.38. The second-order valence-electron chi connectivity index (χ2n) is 4.30. The maximum Gasteiger partial charge on any atom is 0.303 e. The molecule has 21 heavy (non-hydrogen) atoms. The summed E-state index contributed by atoms with van der Waals surface area (Å²) in [5.74, 6) is 6.04. The minimum absolute atomic E-state index is 0.248. The third-order valence-corrected chi connectivity index (χ3v) is 3.77. The number of carbonyl (C=O) groups excluding carboxylic acids is 1. The summed E-state index contributed by atoms with van der Waals surface area (Å²) in [6.45, 7) is 0. The average Bonchev–Trinajstić information content (AvgIpc) is 2.52. The Bertz CT molecular complexity index is 702. The molecule has 0 aromatic heterocycles. The number of ether oxygens (including phenoxy) is 1. The molecule has 0 aliphatic carbocycles. The van der Waals surface area contributed by atoms with Crippen molar-refractivity contribution in [3.05, 3.63) is 57.7 Å². The summed E-state index contributed by atoms with van der Waals surface area (Å²) in [6, 6.07) is 15.0. The van der Waals surface area contributed by atoms with E-state index in [1.54, 1.807) is 14.2 Å². The molecule has 106 valence electrons. The molecular weight excluding hydrogens is 377 g/mol. The van der Waals surface area contributed by atoms with Crippen LogP contribution in [0.2, 0.25) is 0 Å². The predicted molar refractivity (Wildman–Crippen MR) is 92.4 cm³/mol. The molecular formula is C17H14INO2.